The van der Waals surface area contributed by atoms with Gasteiger partial charge in [0.25, 0.3) is 0 Å². The van der Waals surface area contributed by atoms with Gasteiger partial charge in [-0.15, -0.1) is 0 Å². The predicted octanol–water partition coefficient (Wildman–Crippen LogP) is 3.82. The van der Waals surface area contributed by atoms with Gasteiger partial charge in [0.1, 0.15) is 5.75 Å². The number of hydrogen-bond acceptors (Lipinski definition) is 3. The average molecular weight is 297 g/mol. The number of hydrogen-bond donors (Lipinski definition) is 1. The number of benzene rings is 1. The van der Waals surface area contributed by atoms with Gasteiger partial charge in [-0.1, -0.05) is 12.1 Å². The lowest BCUT2D eigenvalue weighted by molar-refractivity contribution is -0.137. The molecule has 112 valence electrons. The molecule has 0 saturated heterocycles. The lowest BCUT2D eigenvalue weighted by Crippen LogP contribution is -2.05. The second-order valence-electron chi connectivity index (χ2n) is 4.46. The van der Waals surface area contributed by atoms with Gasteiger partial charge >= 0.3 is 6.18 Å². The van der Waals surface area contributed by atoms with Crippen LogP contribution in [-0.4, -0.2) is 16.7 Å². The first-order chi connectivity index (χ1) is 9.99. The molecule has 2 aromatic rings. The van der Waals surface area contributed by atoms with Gasteiger partial charge in [0.2, 0.25) is 5.88 Å². The Bertz CT molecular complexity index is 565. The molecule has 1 aromatic carbocycles. The van der Waals surface area contributed by atoms with Crippen LogP contribution in [0.3, 0.4) is 0 Å². The highest BCUT2D eigenvalue weighted by molar-refractivity contribution is 5.31. The number of aryl methyl sites for hydroxylation is 1. The standard InChI is InChI=1S/C15H14F3NO2/c16-15(17,18)12-5-8-14(19-10-12)21-13-6-3-11(4-7-13)2-1-9-20/h3-8,10,20H,1-2,9H2. The van der Waals surface area contributed by atoms with Crippen LogP contribution in [0.2, 0.25) is 0 Å². The summed E-state index contributed by atoms with van der Waals surface area (Å²) >= 11 is 0. The first kappa shape index (κ1) is 15.3. The van der Waals surface area contributed by atoms with E-state index in [4.69, 9.17) is 9.84 Å². The fourth-order valence-corrected chi connectivity index (χ4v) is 1.74. The Balaban J connectivity index is 2.01. The van der Waals surface area contributed by atoms with E-state index >= 15 is 0 Å². The number of aliphatic hydroxyl groups excluding tert-OH is 1. The number of rotatable bonds is 5. The van der Waals surface area contributed by atoms with E-state index in [-0.39, 0.29) is 12.5 Å². The number of nitrogens with zero attached hydrogens (tertiary/aromatic N) is 1. The fourth-order valence-electron chi connectivity index (χ4n) is 1.74. The summed E-state index contributed by atoms with van der Waals surface area (Å²) in [7, 11) is 0. The molecule has 2 rings (SSSR count). The van der Waals surface area contributed by atoms with Crippen molar-refractivity contribution in [3.63, 3.8) is 0 Å². The van der Waals surface area contributed by atoms with E-state index in [9.17, 15) is 13.2 Å². The molecule has 0 amide bonds. The van der Waals surface area contributed by atoms with Crippen molar-refractivity contribution in [2.24, 2.45) is 0 Å². The van der Waals surface area contributed by atoms with Gasteiger partial charge in [-0.2, -0.15) is 13.2 Å². The summed E-state index contributed by atoms with van der Waals surface area (Å²) in [6.45, 7) is 0.133. The van der Waals surface area contributed by atoms with Crippen molar-refractivity contribution in [2.45, 2.75) is 19.0 Å². The van der Waals surface area contributed by atoms with Crippen LogP contribution in [0.4, 0.5) is 13.2 Å². The summed E-state index contributed by atoms with van der Waals surface area (Å²) in [5, 5.41) is 8.74. The van der Waals surface area contributed by atoms with Crippen molar-refractivity contribution >= 4 is 0 Å². The van der Waals surface area contributed by atoms with Gasteiger partial charge in [0.05, 0.1) is 5.56 Å². The summed E-state index contributed by atoms with van der Waals surface area (Å²) < 4.78 is 42.6. The third kappa shape index (κ3) is 4.46. The SMILES string of the molecule is OCCCc1ccc(Oc2ccc(C(F)(F)F)cn2)cc1. The number of ether oxygens (including phenoxy) is 1. The van der Waals surface area contributed by atoms with E-state index in [1.807, 2.05) is 12.1 Å². The largest absolute Gasteiger partial charge is 0.439 e. The number of aliphatic hydroxyl groups is 1. The maximum atomic E-state index is 12.4. The molecule has 0 fully saturated rings. The topological polar surface area (TPSA) is 42.4 Å². The van der Waals surface area contributed by atoms with Gasteiger partial charge in [-0.05, 0) is 36.6 Å². The molecule has 0 aliphatic heterocycles. The molecule has 0 saturated carbocycles. The summed E-state index contributed by atoms with van der Waals surface area (Å²) in [5.74, 6) is 0.598. The van der Waals surface area contributed by atoms with Crippen LogP contribution in [0.25, 0.3) is 0 Å². The number of pyridine rings is 1. The lowest BCUT2D eigenvalue weighted by atomic mass is 10.1. The predicted molar refractivity (Wildman–Crippen MR) is 71.2 cm³/mol. The van der Waals surface area contributed by atoms with Crippen LogP contribution in [-0.2, 0) is 12.6 Å². The third-order valence-electron chi connectivity index (χ3n) is 2.83. The summed E-state index contributed by atoms with van der Waals surface area (Å²) in [6.07, 6.45) is -2.22. The number of halogens is 3. The maximum Gasteiger partial charge on any atom is 0.417 e. The van der Waals surface area contributed by atoms with Gasteiger partial charge in [-0.3, -0.25) is 0 Å². The van der Waals surface area contributed by atoms with E-state index in [0.29, 0.717) is 12.2 Å². The molecule has 0 unspecified atom stereocenters. The average Bonchev–Trinajstić information content (AvgIpc) is 2.46. The zero-order valence-corrected chi connectivity index (χ0v) is 11.1. The molecule has 0 aliphatic carbocycles. The zero-order valence-electron chi connectivity index (χ0n) is 11.1. The van der Waals surface area contributed by atoms with E-state index < -0.39 is 11.7 Å². The molecule has 1 N–H and O–H groups in total. The van der Waals surface area contributed by atoms with Crippen molar-refractivity contribution < 1.29 is 23.0 Å². The van der Waals surface area contributed by atoms with E-state index in [1.54, 1.807) is 12.1 Å². The zero-order chi connectivity index (χ0) is 15.3. The van der Waals surface area contributed by atoms with Gasteiger partial charge in [0, 0.05) is 18.9 Å². The lowest BCUT2D eigenvalue weighted by Gasteiger charge is -2.08. The molecule has 3 nitrogen and oxygen atoms in total. The fraction of sp³-hybridized carbons (Fsp3) is 0.267. The van der Waals surface area contributed by atoms with Crippen LogP contribution >= 0.6 is 0 Å². The first-order valence-electron chi connectivity index (χ1n) is 6.40. The second-order valence-corrected chi connectivity index (χ2v) is 4.46. The van der Waals surface area contributed by atoms with Crippen molar-refractivity contribution in [1.29, 1.82) is 0 Å². The molecular formula is C15H14F3NO2. The number of alkyl halides is 3. The van der Waals surface area contributed by atoms with E-state index in [0.717, 1.165) is 24.2 Å². The highest BCUT2D eigenvalue weighted by atomic mass is 19.4. The Kier molecular flexibility index (Phi) is 4.80. The van der Waals surface area contributed by atoms with Crippen LogP contribution in [0.5, 0.6) is 11.6 Å². The quantitative estimate of drug-likeness (QED) is 0.912. The van der Waals surface area contributed by atoms with Gasteiger partial charge in [-0.25, -0.2) is 4.98 Å². The summed E-state index contributed by atoms with van der Waals surface area (Å²) in [4.78, 5) is 3.64. The van der Waals surface area contributed by atoms with E-state index in [2.05, 4.69) is 4.98 Å². The highest BCUT2D eigenvalue weighted by Crippen LogP contribution is 2.30. The van der Waals surface area contributed by atoms with E-state index in [1.165, 1.54) is 6.07 Å². The molecule has 0 spiro atoms. The van der Waals surface area contributed by atoms with Crippen LogP contribution in [0, 0.1) is 0 Å². The van der Waals surface area contributed by atoms with Crippen molar-refractivity contribution in [2.75, 3.05) is 6.61 Å². The van der Waals surface area contributed by atoms with Crippen LogP contribution in [0.15, 0.2) is 42.6 Å². The molecular weight excluding hydrogens is 283 g/mol. The third-order valence-corrected chi connectivity index (χ3v) is 2.83. The Labute approximate surface area is 120 Å². The van der Waals surface area contributed by atoms with Crippen molar-refractivity contribution in [3.8, 4) is 11.6 Å². The molecule has 0 bridgehead atoms. The Morgan fingerprint density at radius 2 is 1.76 bits per heavy atom. The molecule has 21 heavy (non-hydrogen) atoms. The smallest absolute Gasteiger partial charge is 0.417 e. The minimum atomic E-state index is -4.40. The van der Waals surface area contributed by atoms with Crippen LogP contribution in [0.1, 0.15) is 17.5 Å². The Morgan fingerprint density at radius 3 is 2.29 bits per heavy atom. The maximum absolute atomic E-state index is 12.4. The highest BCUT2D eigenvalue weighted by Gasteiger charge is 2.30. The van der Waals surface area contributed by atoms with Crippen LogP contribution < -0.4 is 4.74 Å². The molecule has 0 atom stereocenters. The summed E-state index contributed by atoms with van der Waals surface area (Å²) in [5.41, 5.74) is 0.242. The number of aromatic nitrogens is 1. The van der Waals surface area contributed by atoms with Gasteiger partial charge in [0.15, 0.2) is 0 Å². The molecule has 1 heterocycles. The second kappa shape index (κ2) is 6.58. The normalized spacial score (nSPS) is 11.4. The Hall–Kier alpha value is -2.08. The molecule has 0 aliphatic rings. The minimum absolute atomic E-state index is 0.103. The first-order valence-corrected chi connectivity index (χ1v) is 6.40. The van der Waals surface area contributed by atoms with Crippen molar-refractivity contribution in [3.05, 3.63) is 53.7 Å². The minimum Gasteiger partial charge on any atom is -0.439 e. The Morgan fingerprint density at radius 1 is 1.05 bits per heavy atom. The monoisotopic (exact) mass is 297 g/mol. The molecule has 0 radical (unpaired) electrons. The molecule has 6 heteroatoms. The summed E-state index contributed by atoms with van der Waals surface area (Å²) in [6, 6.07) is 9.22. The van der Waals surface area contributed by atoms with Crippen molar-refractivity contribution in [1.82, 2.24) is 4.98 Å². The van der Waals surface area contributed by atoms with Gasteiger partial charge < -0.3 is 9.84 Å². The molecule has 1 aromatic heterocycles.